The predicted molar refractivity (Wildman–Crippen MR) is 373 cm³/mol. The molecule has 0 aliphatic heterocycles. The number of aromatic hydroxyl groups is 3. The van der Waals surface area contributed by atoms with E-state index in [0.29, 0.717) is 128 Å². The minimum atomic E-state index is -0.678. The molecule has 0 saturated carbocycles. The Hall–Kier alpha value is -9.45. The van der Waals surface area contributed by atoms with E-state index in [1.54, 1.807) is 98.0 Å². The molecular weight excluding hydrogens is 1320 g/mol. The average Bonchev–Trinajstić information content (AvgIpc) is 1.10. The zero-order valence-corrected chi connectivity index (χ0v) is 55.7. The number of fused-ring (bicyclic) bond motifs is 1. The summed E-state index contributed by atoms with van der Waals surface area (Å²) in [4.78, 5) is 75.5. The maximum Gasteiger partial charge on any atom is 0.293 e. The van der Waals surface area contributed by atoms with Gasteiger partial charge in [0.1, 0.15) is 0 Å². The van der Waals surface area contributed by atoms with Gasteiger partial charge in [-0.1, -0.05) is 118 Å². The van der Waals surface area contributed by atoms with Crippen molar-refractivity contribution in [2.75, 3.05) is 25.4 Å². The largest absolute Gasteiger partial charge is 0.502 e. The fraction of sp³-hybridized carbons (Fsp3) is 0.186. The summed E-state index contributed by atoms with van der Waals surface area (Å²) in [6, 6.07) is 44.1. The van der Waals surface area contributed by atoms with Crippen LogP contribution < -0.4 is 38.4 Å². The fourth-order valence-electron chi connectivity index (χ4n) is 10.1. The van der Waals surface area contributed by atoms with Crippen LogP contribution in [0.25, 0.3) is 44.7 Å². The summed E-state index contributed by atoms with van der Waals surface area (Å²) in [6.45, 7) is 1.08. The number of aromatic nitrogens is 4. The van der Waals surface area contributed by atoms with Crippen molar-refractivity contribution in [2.24, 2.45) is 28.2 Å². The third kappa shape index (κ3) is 17.2. The topological polar surface area (TPSA) is 269 Å². The second kappa shape index (κ2) is 31.9. The normalized spacial score (nSPS) is 10.8. The SMILES string of the molecule is Cn1c(-c2ccc(C#N)cc2)cc(C(=O)NCCCc2ccc(Cl)c(Cl)c2)c(O)c1=O.Cn1c(-c2ccc3c(ccn3C)c2)cc(C(=O)NCCCc2ccc(Cl)c(Cl)c2)c(O)c1=O.Cn1c(-c2cccc(N)c2)cc(C(=O)NCCCc2ccc(Cl)c(Cl)c2)c(O)c1=O. The number of hydrogen-bond acceptors (Lipinski definition) is 11. The molecule has 0 radical (unpaired) electrons. The molecule has 3 amide bonds. The molecular formula is C70H63Cl6N9O9. The van der Waals surface area contributed by atoms with Crippen LogP contribution in [0.4, 0.5) is 5.69 Å². The van der Waals surface area contributed by atoms with Crippen molar-refractivity contribution in [3.8, 4) is 57.1 Å². The number of carbonyl (C=O) groups is 3. The molecule has 484 valence electrons. The molecule has 4 heterocycles. The van der Waals surface area contributed by atoms with Crippen LogP contribution in [0.15, 0.2) is 166 Å². The highest BCUT2D eigenvalue weighted by molar-refractivity contribution is 6.43. The molecule has 24 heteroatoms. The van der Waals surface area contributed by atoms with Crippen molar-refractivity contribution in [3.05, 3.63) is 252 Å². The molecule has 0 aliphatic carbocycles. The van der Waals surface area contributed by atoms with Gasteiger partial charge in [0.25, 0.3) is 34.4 Å². The molecule has 10 aromatic rings. The third-order valence-electron chi connectivity index (χ3n) is 15.4. The second-order valence-electron chi connectivity index (χ2n) is 21.8. The lowest BCUT2D eigenvalue weighted by Crippen LogP contribution is -2.28. The number of nitrogen functional groups attached to an aromatic ring is 1. The Morgan fingerprint density at radius 3 is 1.20 bits per heavy atom. The maximum atomic E-state index is 12.8. The third-order valence-corrected chi connectivity index (χ3v) is 17.6. The Kier molecular flexibility index (Phi) is 23.9. The Balaban J connectivity index is 0.000000181. The van der Waals surface area contributed by atoms with Crippen molar-refractivity contribution in [3.63, 3.8) is 0 Å². The molecule has 0 bridgehead atoms. The van der Waals surface area contributed by atoms with Gasteiger partial charge in [-0.15, -0.1) is 0 Å². The van der Waals surface area contributed by atoms with Gasteiger partial charge in [0.2, 0.25) is 0 Å². The number of nitrogens with zero attached hydrogens (tertiary/aromatic N) is 5. The molecule has 18 nitrogen and oxygen atoms in total. The predicted octanol–water partition coefficient (Wildman–Crippen LogP) is 13.2. The number of halogens is 6. The molecule has 4 aromatic heterocycles. The van der Waals surface area contributed by atoms with Gasteiger partial charge in [0, 0.05) is 76.2 Å². The Bertz CT molecular complexity index is 4750. The van der Waals surface area contributed by atoms with E-state index < -0.39 is 51.6 Å². The van der Waals surface area contributed by atoms with E-state index in [1.807, 2.05) is 66.3 Å². The number of hydrogen-bond donors (Lipinski definition) is 7. The molecule has 94 heavy (non-hydrogen) atoms. The first kappa shape index (κ1) is 70.4. The minimum Gasteiger partial charge on any atom is -0.502 e. The number of nitrogens with two attached hydrogens (primary N) is 1. The number of rotatable bonds is 18. The summed E-state index contributed by atoms with van der Waals surface area (Å²) in [5, 5.41) is 52.0. The average molecular weight is 1390 g/mol. The number of benzene rings is 6. The number of aryl methyl sites for hydroxylation is 4. The highest BCUT2D eigenvalue weighted by Crippen LogP contribution is 2.30. The standard InChI is InChI=1S/C25H23Cl2N3O3.C23H19Cl2N3O3.C22H21Cl2N3O3/c1-29-11-9-17-13-16(6-8-21(17)29)22-14-18(23(31)25(33)30(22)2)24(32)28-10-3-4-15-5-7-19(26)20(27)12-15;1-28-20(16-7-4-15(13-26)5-8-16)12-17(21(29)23(28)31)22(30)27-10-2-3-14-6-9-18(24)19(25)11-14;1-27-19(14-5-2-6-15(25)11-14)12-16(20(28)22(27)30)21(29)26-9-3-4-13-7-8-17(23)18(24)10-13/h5-9,11-14,31H,3-4,10H2,1-2H3,(H,28,32);4-9,11-12,29H,2-3,10H2,1H3,(H,27,30);2,5-8,10-12,28H,3-4,9,25H2,1H3,(H,26,29). The Morgan fingerprint density at radius 1 is 0.457 bits per heavy atom. The summed E-state index contributed by atoms with van der Waals surface area (Å²) < 4.78 is 5.90. The van der Waals surface area contributed by atoms with Gasteiger partial charge in [-0.2, -0.15) is 5.26 Å². The number of nitriles is 1. The molecule has 8 N–H and O–H groups in total. The Labute approximate surface area is 570 Å². The van der Waals surface area contributed by atoms with Gasteiger partial charge in [0.15, 0.2) is 17.2 Å². The van der Waals surface area contributed by atoms with E-state index in [-0.39, 0.29) is 16.7 Å². The molecule has 0 fully saturated rings. The molecule has 0 spiro atoms. The van der Waals surface area contributed by atoms with Crippen LogP contribution in [-0.4, -0.2) is 70.9 Å². The zero-order chi connectivity index (χ0) is 68.1. The molecule has 0 unspecified atom stereocenters. The first-order valence-corrected chi connectivity index (χ1v) is 31.5. The number of nitrogens with one attached hydrogen (secondary N) is 3. The lowest BCUT2D eigenvalue weighted by molar-refractivity contribution is 0.0941. The van der Waals surface area contributed by atoms with Gasteiger partial charge in [-0.3, -0.25) is 28.8 Å². The lowest BCUT2D eigenvalue weighted by Gasteiger charge is -2.13. The lowest BCUT2D eigenvalue weighted by atomic mass is 10.1. The monoisotopic (exact) mass is 1380 g/mol. The number of anilines is 1. The maximum absolute atomic E-state index is 12.8. The summed E-state index contributed by atoms with van der Waals surface area (Å²) in [5.41, 5.74) is 12.3. The number of amides is 3. The van der Waals surface area contributed by atoms with Crippen LogP contribution in [0, 0.1) is 11.3 Å². The summed E-state index contributed by atoms with van der Waals surface area (Å²) >= 11 is 35.8. The molecule has 6 aromatic carbocycles. The number of pyridine rings is 3. The molecule has 0 aliphatic rings. The molecule has 0 saturated heterocycles. The van der Waals surface area contributed by atoms with E-state index in [0.717, 1.165) is 33.2 Å². The van der Waals surface area contributed by atoms with Crippen LogP contribution in [0.2, 0.25) is 30.1 Å². The van der Waals surface area contributed by atoms with Crippen LogP contribution in [-0.2, 0) is 47.5 Å². The van der Waals surface area contributed by atoms with Gasteiger partial charge in [-0.25, -0.2) is 0 Å². The number of carbonyl (C=O) groups excluding carboxylic acids is 3. The second-order valence-corrected chi connectivity index (χ2v) is 24.2. The van der Waals surface area contributed by atoms with E-state index in [4.69, 9.17) is 80.6 Å². The van der Waals surface area contributed by atoms with Crippen molar-refractivity contribution in [1.29, 1.82) is 5.26 Å². The van der Waals surface area contributed by atoms with Crippen LogP contribution in [0.1, 0.15) is 72.6 Å². The quantitative estimate of drug-likeness (QED) is 0.0314. The van der Waals surface area contributed by atoms with Crippen molar-refractivity contribution < 1.29 is 29.7 Å². The van der Waals surface area contributed by atoms with E-state index in [1.165, 1.54) is 39.9 Å². The van der Waals surface area contributed by atoms with Crippen LogP contribution >= 0.6 is 69.6 Å². The van der Waals surface area contributed by atoms with Crippen LogP contribution in [0.3, 0.4) is 0 Å². The van der Waals surface area contributed by atoms with Gasteiger partial charge >= 0.3 is 0 Å². The first-order chi connectivity index (χ1) is 44.8. The van der Waals surface area contributed by atoms with Gasteiger partial charge < -0.3 is 55.3 Å². The van der Waals surface area contributed by atoms with Gasteiger partial charge in [0.05, 0.1) is 75.5 Å². The molecule has 0 atom stereocenters. The van der Waals surface area contributed by atoms with Gasteiger partial charge in [-0.05, 0) is 163 Å². The Morgan fingerprint density at radius 2 is 0.830 bits per heavy atom. The van der Waals surface area contributed by atoms with Crippen molar-refractivity contribution >= 4 is 104 Å². The first-order valence-electron chi connectivity index (χ1n) is 29.2. The van der Waals surface area contributed by atoms with E-state index >= 15 is 0 Å². The smallest absolute Gasteiger partial charge is 0.293 e. The zero-order valence-electron chi connectivity index (χ0n) is 51.2. The van der Waals surface area contributed by atoms with E-state index in [9.17, 15) is 44.1 Å². The molecule has 10 rings (SSSR count). The minimum absolute atomic E-state index is 0.0456. The summed E-state index contributed by atoms with van der Waals surface area (Å²) in [6.07, 6.45) is 5.97. The van der Waals surface area contributed by atoms with Crippen molar-refractivity contribution in [2.45, 2.75) is 38.5 Å². The van der Waals surface area contributed by atoms with Crippen LogP contribution in [0.5, 0.6) is 17.2 Å². The summed E-state index contributed by atoms with van der Waals surface area (Å²) in [5.74, 6) is -3.33. The highest BCUT2D eigenvalue weighted by atomic mass is 35.5. The van der Waals surface area contributed by atoms with E-state index in [2.05, 4.69) is 16.0 Å². The highest BCUT2D eigenvalue weighted by Gasteiger charge is 2.22. The summed E-state index contributed by atoms with van der Waals surface area (Å²) in [7, 11) is 6.57. The fourth-order valence-corrected chi connectivity index (χ4v) is 11.1. The van der Waals surface area contributed by atoms with Crippen molar-refractivity contribution in [1.82, 2.24) is 34.2 Å².